The van der Waals surface area contributed by atoms with Crippen LogP contribution in [0.4, 0.5) is 17.1 Å². The van der Waals surface area contributed by atoms with Crippen LogP contribution in [-0.2, 0) is 0 Å². The van der Waals surface area contributed by atoms with Gasteiger partial charge in [0, 0.05) is 44.6 Å². The predicted molar refractivity (Wildman–Crippen MR) is 204 cm³/mol. The van der Waals surface area contributed by atoms with Crippen molar-refractivity contribution in [3.8, 4) is 39.7 Å². The van der Waals surface area contributed by atoms with E-state index in [4.69, 9.17) is 4.52 Å². The molecule has 2 aromatic heterocycles. The quantitative estimate of drug-likeness (QED) is 0.173. The van der Waals surface area contributed by atoms with Gasteiger partial charge in [-0.05, 0) is 96.4 Å². The van der Waals surface area contributed by atoms with Crippen molar-refractivity contribution < 1.29 is 4.52 Å². The molecule has 7 aromatic carbocycles. The molecule has 9 aromatic rings. The Labute approximate surface area is 290 Å². The minimum absolute atomic E-state index is 0.516. The number of nitrogens with zero attached hydrogens (tertiary/aromatic N) is 4. The lowest BCUT2D eigenvalue weighted by molar-refractivity contribution is 0.432. The maximum absolute atomic E-state index is 5.54. The van der Waals surface area contributed by atoms with Crippen LogP contribution in [0.25, 0.3) is 61.5 Å². The first kappa shape index (κ1) is 29.4. The molecule has 50 heavy (non-hydrogen) atoms. The van der Waals surface area contributed by atoms with Crippen molar-refractivity contribution in [1.29, 1.82) is 0 Å². The molecule has 0 aliphatic rings. The molecule has 0 fully saturated rings. The average molecular weight is 645 g/mol. The van der Waals surface area contributed by atoms with Gasteiger partial charge in [-0.1, -0.05) is 108 Å². The van der Waals surface area contributed by atoms with Gasteiger partial charge in [-0.3, -0.25) is 0 Å². The lowest BCUT2D eigenvalue weighted by atomic mass is 10.0. The molecule has 0 aliphatic heterocycles. The van der Waals surface area contributed by atoms with Gasteiger partial charge >= 0.3 is 0 Å². The summed E-state index contributed by atoms with van der Waals surface area (Å²) in [6.45, 7) is 2.19. The highest BCUT2D eigenvalue weighted by molar-refractivity contribution is 6.10. The van der Waals surface area contributed by atoms with Crippen molar-refractivity contribution in [2.45, 2.75) is 6.92 Å². The number of fused-ring (bicyclic) bond motifs is 3. The summed E-state index contributed by atoms with van der Waals surface area (Å²) in [5.74, 6) is 1.09. The second kappa shape index (κ2) is 12.4. The minimum atomic E-state index is 0.516. The van der Waals surface area contributed by atoms with Crippen LogP contribution >= 0.6 is 0 Å². The number of aromatic nitrogens is 3. The van der Waals surface area contributed by atoms with Crippen molar-refractivity contribution in [3.05, 3.63) is 181 Å². The van der Waals surface area contributed by atoms with E-state index in [9.17, 15) is 0 Å². The Morgan fingerprint density at radius 1 is 0.480 bits per heavy atom. The zero-order chi connectivity index (χ0) is 33.4. The summed E-state index contributed by atoms with van der Waals surface area (Å²) in [6.07, 6.45) is 0. The van der Waals surface area contributed by atoms with Crippen molar-refractivity contribution in [2.75, 3.05) is 4.90 Å². The number of hydrogen-bond donors (Lipinski definition) is 0. The number of anilines is 3. The van der Waals surface area contributed by atoms with E-state index in [1.807, 2.05) is 30.3 Å². The van der Waals surface area contributed by atoms with Gasteiger partial charge in [-0.2, -0.15) is 4.98 Å². The van der Waals surface area contributed by atoms with Crippen LogP contribution in [0.1, 0.15) is 5.56 Å². The number of para-hydroxylation sites is 3. The maximum atomic E-state index is 5.54. The highest BCUT2D eigenvalue weighted by Crippen LogP contribution is 2.40. The zero-order valence-corrected chi connectivity index (χ0v) is 27.4. The maximum Gasteiger partial charge on any atom is 0.258 e. The molecule has 9 rings (SSSR count). The predicted octanol–water partition coefficient (Wildman–Crippen LogP) is 11.9. The minimum Gasteiger partial charge on any atom is -0.334 e. The molecule has 0 N–H and O–H groups in total. The molecule has 0 spiro atoms. The standard InChI is InChI=1S/C45H32N4O/c1-31-29-35(32-21-23-33(24-22-32)44-46-45(50-47-44)34-13-5-2-6-14-34)25-27-41(31)49-42-20-12-11-19-39(42)40-30-38(26-28-43(40)49)48(36-15-7-3-8-16-36)37-17-9-4-10-18-37/h2-30H,1H3. The van der Waals surface area contributed by atoms with E-state index in [0.29, 0.717) is 11.7 Å². The molecule has 0 saturated carbocycles. The van der Waals surface area contributed by atoms with Gasteiger partial charge in [-0.25, -0.2) is 0 Å². The second-order valence-electron chi connectivity index (χ2n) is 12.4. The zero-order valence-electron chi connectivity index (χ0n) is 27.4. The van der Waals surface area contributed by atoms with E-state index in [1.165, 1.54) is 27.4 Å². The Balaban J connectivity index is 1.08. The second-order valence-corrected chi connectivity index (χ2v) is 12.4. The first-order valence-corrected chi connectivity index (χ1v) is 16.8. The van der Waals surface area contributed by atoms with Crippen molar-refractivity contribution in [3.63, 3.8) is 0 Å². The van der Waals surface area contributed by atoms with Gasteiger partial charge in [0.05, 0.1) is 11.0 Å². The number of aryl methyl sites for hydroxylation is 1. The van der Waals surface area contributed by atoms with Crippen LogP contribution in [0.5, 0.6) is 0 Å². The normalized spacial score (nSPS) is 11.3. The van der Waals surface area contributed by atoms with Crippen LogP contribution < -0.4 is 4.90 Å². The molecular formula is C45H32N4O. The Hall–Kier alpha value is -6.72. The molecule has 0 radical (unpaired) electrons. The number of hydrogen-bond acceptors (Lipinski definition) is 4. The molecular weight excluding hydrogens is 613 g/mol. The first-order valence-electron chi connectivity index (χ1n) is 16.8. The van der Waals surface area contributed by atoms with Gasteiger partial charge in [0.1, 0.15) is 0 Å². The summed E-state index contributed by atoms with van der Waals surface area (Å²) in [5, 5.41) is 6.66. The third-order valence-corrected chi connectivity index (χ3v) is 9.30. The van der Waals surface area contributed by atoms with Gasteiger partial charge in [0.25, 0.3) is 5.89 Å². The van der Waals surface area contributed by atoms with E-state index in [2.05, 4.69) is 172 Å². The third-order valence-electron chi connectivity index (χ3n) is 9.30. The molecule has 0 unspecified atom stereocenters. The molecule has 0 amide bonds. The largest absolute Gasteiger partial charge is 0.334 e. The molecule has 5 heteroatoms. The van der Waals surface area contributed by atoms with Crippen LogP contribution in [0.15, 0.2) is 180 Å². The highest BCUT2D eigenvalue weighted by atomic mass is 16.5. The fourth-order valence-electron chi connectivity index (χ4n) is 6.90. The molecule has 2 heterocycles. The number of benzene rings is 7. The van der Waals surface area contributed by atoms with Gasteiger partial charge in [0.2, 0.25) is 5.82 Å². The average Bonchev–Trinajstić information content (AvgIpc) is 3.80. The van der Waals surface area contributed by atoms with E-state index in [0.717, 1.165) is 45.0 Å². The SMILES string of the molecule is Cc1cc(-c2ccc(-c3noc(-c4ccccc4)n3)cc2)ccc1-n1c2ccccc2c2cc(N(c3ccccc3)c3ccccc3)ccc21. The van der Waals surface area contributed by atoms with Crippen molar-refractivity contribution in [1.82, 2.24) is 14.7 Å². The topological polar surface area (TPSA) is 47.1 Å². The highest BCUT2D eigenvalue weighted by Gasteiger charge is 2.18. The van der Waals surface area contributed by atoms with Gasteiger partial charge < -0.3 is 14.0 Å². The fourth-order valence-corrected chi connectivity index (χ4v) is 6.90. The van der Waals surface area contributed by atoms with Crippen LogP contribution in [0, 0.1) is 6.92 Å². The molecule has 0 atom stereocenters. The summed E-state index contributed by atoms with van der Waals surface area (Å²) in [6, 6.07) is 61.5. The van der Waals surface area contributed by atoms with E-state index in [1.54, 1.807) is 0 Å². The van der Waals surface area contributed by atoms with Crippen LogP contribution in [0.3, 0.4) is 0 Å². The van der Waals surface area contributed by atoms with E-state index >= 15 is 0 Å². The molecule has 238 valence electrons. The smallest absolute Gasteiger partial charge is 0.258 e. The third kappa shape index (κ3) is 5.22. The summed E-state index contributed by atoms with van der Waals surface area (Å²) in [5.41, 5.74) is 12.2. The van der Waals surface area contributed by atoms with Crippen molar-refractivity contribution >= 4 is 38.9 Å². The molecule has 0 bridgehead atoms. The lowest BCUT2D eigenvalue weighted by Crippen LogP contribution is -2.09. The summed E-state index contributed by atoms with van der Waals surface area (Å²) in [4.78, 5) is 6.94. The monoisotopic (exact) mass is 644 g/mol. The van der Waals surface area contributed by atoms with Gasteiger partial charge in [-0.15, -0.1) is 0 Å². The lowest BCUT2D eigenvalue weighted by Gasteiger charge is -2.25. The summed E-state index contributed by atoms with van der Waals surface area (Å²) >= 11 is 0. The van der Waals surface area contributed by atoms with E-state index in [-0.39, 0.29) is 0 Å². The molecule has 5 nitrogen and oxygen atoms in total. The Morgan fingerprint density at radius 3 is 1.78 bits per heavy atom. The van der Waals surface area contributed by atoms with Crippen molar-refractivity contribution in [2.24, 2.45) is 0 Å². The Kier molecular flexibility index (Phi) is 7.29. The first-order chi connectivity index (χ1) is 24.7. The Bertz CT molecular complexity index is 2550. The van der Waals surface area contributed by atoms with Crippen LogP contribution in [0.2, 0.25) is 0 Å². The van der Waals surface area contributed by atoms with Crippen LogP contribution in [-0.4, -0.2) is 14.7 Å². The number of rotatable bonds is 7. The molecule has 0 saturated heterocycles. The summed E-state index contributed by atoms with van der Waals surface area (Å²) < 4.78 is 7.93. The van der Waals surface area contributed by atoms with Gasteiger partial charge in [0.15, 0.2) is 0 Å². The Morgan fingerprint density at radius 2 is 1.08 bits per heavy atom. The van der Waals surface area contributed by atoms with E-state index < -0.39 is 0 Å². The molecule has 0 aliphatic carbocycles. The summed E-state index contributed by atoms with van der Waals surface area (Å²) in [7, 11) is 0. The fraction of sp³-hybridized carbons (Fsp3) is 0.0222.